The zero-order chi connectivity index (χ0) is 11.6. The van der Waals surface area contributed by atoms with Crippen LogP contribution in [0.15, 0.2) is 18.2 Å². The minimum absolute atomic E-state index is 0.245. The van der Waals surface area contributed by atoms with E-state index < -0.39 is 21.4 Å². The Morgan fingerprint density at radius 1 is 1.47 bits per heavy atom. The summed E-state index contributed by atoms with van der Waals surface area (Å²) in [5.41, 5.74) is 6.06. The zero-order valence-corrected chi connectivity index (χ0v) is 9.60. The first kappa shape index (κ1) is 12.0. The molecule has 0 amide bonds. The van der Waals surface area contributed by atoms with Crippen LogP contribution in [0.3, 0.4) is 0 Å². The maximum absolute atomic E-state index is 11.4. The maximum atomic E-state index is 11.4. The van der Waals surface area contributed by atoms with Crippen LogP contribution in [0.1, 0.15) is 10.4 Å². The molecule has 0 aromatic heterocycles. The van der Waals surface area contributed by atoms with Crippen molar-refractivity contribution in [2.24, 2.45) is 0 Å². The number of benzene rings is 1. The van der Waals surface area contributed by atoms with Crippen LogP contribution in [0.25, 0.3) is 0 Å². The highest BCUT2D eigenvalue weighted by atomic mass is 35.5. The second kappa shape index (κ2) is 4.20. The molecule has 2 N–H and O–H groups in total. The van der Waals surface area contributed by atoms with Gasteiger partial charge in [-0.2, -0.15) is 0 Å². The standard InChI is InChI=1S/C9H10ClNO3S/c1-15(13,14)5-9(12)6-2-3-8(11)7(10)4-6/h2-4H,5,11H2,1H3. The van der Waals surface area contributed by atoms with E-state index in [-0.39, 0.29) is 10.6 Å². The van der Waals surface area contributed by atoms with Gasteiger partial charge in [0.1, 0.15) is 5.75 Å². The molecule has 0 fully saturated rings. The lowest BCUT2D eigenvalue weighted by atomic mass is 10.1. The van der Waals surface area contributed by atoms with Crippen LogP contribution in [-0.2, 0) is 9.84 Å². The largest absolute Gasteiger partial charge is 0.398 e. The zero-order valence-electron chi connectivity index (χ0n) is 8.03. The predicted molar refractivity (Wildman–Crippen MR) is 59.9 cm³/mol. The molecule has 82 valence electrons. The van der Waals surface area contributed by atoms with Gasteiger partial charge in [0, 0.05) is 11.8 Å². The lowest BCUT2D eigenvalue weighted by molar-refractivity contribution is 0.102. The van der Waals surface area contributed by atoms with Crippen molar-refractivity contribution in [3.8, 4) is 0 Å². The van der Waals surface area contributed by atoms with Crippen molar-refractivity contribution in [1.82, 2.24) is 0 Å². The Kier molecular flexibility index (Phi) is 3.36. The van der Waals surface area contributed by atoms with Gasteiger partial charge in [0.05, 0.1) is 10.7 Å². The Morgan fingerprint density at radius 3 is 2.53 bits per heavy atom. The fraction of sp³-hybridized carbons (Fsp3) is 0.222. The van der Waals surface area contributed by atoms with Crippen LogP contribution in [0.4, 0.5) is 5.69 Å². The van der Waals surface area contributed by atoms with Crippen molar-refractivity contribution in [2.75, 3.05) is 17.7 Å². The second-order valence-electron chi connectivity index (χ2n) is 3.23. The third kappa shape index (κ3) is 3.53. The number of hydrogen-bond donors (Lipinski definition) is 1. The molecule has 0 heterocycles. The number of halogens is 1. The van der Waals surface area contributed by atoms with E-state index in [2.05, 4.69) is 0 Å². The predicted octanol–water partition coefficient (Wildman–Crippen LogP) is 1.15. The molecular weight excluding hydrogens is 238 g/mol. The fourth-order valence-corrected chi connectivity index (χ4v) is 1.85. The number of rotatable bonds is 3. The van der Waals surface area contributed by atoms with Gasteiger partial charge in [-0.15, -0.1) is 0 Å². The number of nitrogen functional groups attached to an aromatic ring is 1. The Bertz CT molecular complexity index is 496. The van der Waals surface area contributed by atoms with E-state index in [0.29, 0.717) is 5.69 Å². The normalized spacial score (nSPS) is 11.3. The molecule has 0 aliphatic rings. The number of anilines is 1. The van der Waals surface area contributed by atoms with Gasteiger partial charge >= 0.3 is 0 Å². The third-order valence-corrected chi connectivity index (χ3v) is 2.83. The van der Waals surface area contributed by atoms with E-state index in [9.17, 15) is 13.2 Å². The van der Waals surface area contributed by atoms with Crippen molar-refractivity contribution in [1.29, 1.82) is 0 Å². The number of hydrogen-bond acceptors (Lipinski definition) is 4. The van der Waals surface area contributed by atoms with Gasteiger partial charge in [-0.1, -0.05) is 11.6 Å². The van der Waals surface area contributed by atoms with E-state index >= 15 is 0 Å². The summed E-state index contributed by atoms with van der Waals surface area (Å²) in [5.74, 6) is -1.01. The van der Waals surface area contributed by atoms with Gasteiger partial charge in [-0.05, 0) is 18.2 Å². The first-order chi connectivity index (χ1) is 6.79. The average Bonchev–Trinajstić information content (AvgIpc) is 2.06. The monoisotopic (exact) mass is 247 g/mol. The minimum Gasteiger partial charge on any atom is -0.398 e. The summed E-state index contributed by atoms with van der Waals surface area (Å²) in [7, 11) is -3.32. The van der Waals surface area contributed by atoms with Gasteiger partial charge in [0.25, 0.3) is 0 Å². The average molecular weight is 248 g/mol. The minimum atomic E-state index is -3.32. The number of nitrogens with two attached hydrogens (primary N) is 1. The first-order valence-corrected chi connectivity index (χ1v) is 6.49. The number of sulfone groups is 1. The van der Waals surface area contributed by atoms with E-state index in [1.807, 2.05) is 0 Å². The van der Waals surface area contributed by atoms with Crippen LogP contribution in [-0.4, -0.2) is 26.2 Å². The Hall–Kier alpha value is -1.07. The van der Waals surface area contributed by atoms with Crippen molar-refractivity contribution < 1.29 is 13.2 Å². The SMILES string of the molecule is CS(=O)(=O)CC(=O)c1ccc(N)c(Cl)c1. The number of ketones is 1. The quantitative estimate of drug-likeness (QED) is 0.642. The van der Waals surface area contributed by atoms with Gasteiger partial charge in [-0.3, -0.25) is 4.79 Å². The lowest BCUT2D eigenvalue weighted by Gasteiger charge is -2.02. The molecule has 0 radical (unpaired) electrons. The summed E-state index contributed by atoms with van der Waals surface area (Å²) < 4.78 is 21.8. The molecule has 1 rings (SSSR count). The number of carbonyl (C=O) groups is 1. The molecular formula is C9H10ClNO3S. The van der Waals surface area contributed by atoms with Gasteiger partial charge in [-0.25, -0.2) is 8.42 Å². The number of carbonyl (C=O) groups excluding carboxylic acids is 1. The molecule has 0 aliphatic carbocycles. The highest BCUT2D eigenvalue weighted by Gasteiger charge is 2.13. The number of Topliss-reactive ketones (excluding diaryl/α,β-unsaturated/α-hetero) is 1. The van der Waals surface area contributed by atoms with Crippen molar-refractivity contribution in [3.63, 3.8) is 0 Å². The lowest BCUT2D eigenvalue weighted by Crippen LogP contribution is -2.14. The highest BCUT2D eigenvalue weighted by molar-refractivity contribution is 7.91. The highest BCUT2D eigenvalue weighted by Crippen LogP contribution is 2.20. The van der Waals surface area contributed by atoms with Gasteiger partial charge in [0.15, 0.2) is 15.6 Å². The molecule has 0 saturated heterocycles. The molecule has 0 aliphatic heterocycles. The molecule has 0 saturated carbocycles. The molecule has 1 aromatic carbocycles. The van der Waals surface area contributed by atoms with Crippen LogP contribution in [0, 0.1) is 0 Å². The van der Waals surface area contributed by atoms with Crippen LogP contribution < -0.4 is 5.73 Å². The molecule has 0 unspecified atom stereocenters. The van der Waals surface area contributed by atoms with Crippen molar-refractivity contribution >= 4 is 32.9 Å². The van der Waals surface area contributed by atoms with E-state index in [0.717, 1.165) is 6.26 Å². The molecule has 0 atom stereocenters. The summed E-state index contributed by atoms with van der Waals surface area (Å²) in [6.07, 6.45) is 1.00. The Morgan fingerprint density at radius 2 is 2.07 bits per heavy atom. The van der Waals surface area contributed by atoms with Gasteiger partial charge in [0.2, 0.25) is 0 Å². The Labute approximate surface area is 93.0 Å². The Balaban J connectivity index is 2.98. The summed E-state index contributed by atoms with van der Waals surface area (Å²) >= 11 is 5.70. The summed E-state index contributed by atoms with van der Waals surface area (Å²) in [6.45, 7) is 0. The topological polar surface area (TPSA) is 77.2 Å². The summed E-state index contributed by atoms with van der Waals surface area (Å²) in [6, 6.07) is 4.29. The smallest absolute Gasteiger partial charge is 0.177 e. The third-order valence-electron chi connectivity index (χ3n) is 1.72. The molecule has 0 spiro atoms. The fourth-order valence-electron chi connectivity index (χ4n) is 1.02. The molecule has 15 heavy (non-hydrogen) atoms. The van der Waals surface area contributed by atoms with Gasteiger partial charge < -0.3 is 5.73 Å². The van der Waals surface area contributed by atoms with E-state index in [4.69, 9.17) is 17.3 Å². The molecule has 4 nitrogen and oxygen atoms in total. The van der Waals surface area contributed by atoms with Crippen molar-refractivity contribution in [3.05, 3.63) is 28.8 Å². The second-order valence-corrected chi connectivity index (χ2v) is 5.78. The van der Waals surface area contributed by atoms with E-state index in [1.165, 1.54) is 18.2 Å². The molecule has 0 bridgehead atoms. The van der Waals surface area contributed by atoms with Crippen molar-refractivity contribution in [2.45, 2.75) is 0 Å². The first-order valence-electron chi connectivity index (χ1n) is 4.05. The van der Waals surface area contributed by atoms with E-state index in [1.54, 1.807) is 0 Å². The molecule has 6 heteroatoms. The maximum Gasteiger partial charge on any atom is 0.177 e. The summed E-state index contributed by atoms with van der Waals surface area (Å²) in [4.78, 5) is 11.4. The van der Waals surface area contributed by atoms with Crippen LogP contribution >= 0.6 is 11.6 Å². The van der Waals surface area contributed by atoms with Crippen LogP contribution in [0.5, 0.6) is 0 Å². The summed E-state index contributed by atoms with van der Waals surface area (Å²) in [5, 5.41) is 0.245. The van der Waals surface area contributed by atoms with Crippen LogP contribution in [0.2, 0.25) is 5.02 Å². The molecule has 1 aromatic rings.